The van der Waals surface area contributed by atoms with E-state index in [0.717, 1.165) is 16.7 Å². The monoisotopic (exact) mass is 209 g/mol. The Labute approximate surface area is 94.4 Å². The minimum atomic E-state index is 0.349. The summed E-state index contributed by atoms with van der Waals surface area (Å²) in [5.74, 6) is 5.84. The maximum Gasteiger partial charge on any atom is 0.0555 e. The van der Waals surface area contributed by atoms with Gasteiger partial charge in [-0.3, -0.25) is 9.97 Å². The Morgan fingerprint density at radius 1 is 1.12 bits per heavy atom. The Kier molecular flexibility index (Phi) is 3.27. The van der Waals surface area contributed by atoms with Crippen LogP contribution in [0.15, 0.2) is 43.0 Å². The molecule has 2 heterocycles. The third-order valence-electron chi connectivity index (χ3n) is 2.12. The van der Waals surface area contributed by atoms with E-state index in [1.165, 1.54) is 0 Å². The first-order valence-electron chi connectivity index (χ1n) is 4.95. The van der Waals surface area contributed by atoms with Crippen molar-refractivity contribution in [3.8, 4) is 23.0 Å². The molecule has 0 aliphatic heterocycles. The molecular formula is C13H11N3. The molecule has 0 aliphatic carbocycles. The maximum absolute atomic E-state index is 5.36. The summed E-state index contributed by atoms with van der Waals surface area (Å²) in [5, 5.41) is 0. The van der Waals surface area contributed by atoms with Crippen molar-refractivity contribution >= 4 is 0 Å². The molecule has 0 atom stereocenters. The molecule has 0 radical (unpaired) electrons. The average molecular weight is 209 g/mol. The van der Waals surface area contributed by atoms with E-state index < -0.39 is 0 Å². The van der Waals surface area contributed by atoms with E-state index >= 15 is 0 Å². The lowest BCUT2D eigenvalue weighted by Crippen LogP contribution is -1.94. The van der Waals surface area contributed by atoms with Crippen LogP contribution in [-0.4, -0.2) is 16.5 Å². The van der Waals surface area contributed by atoms with Gasteiger partial charge in [-0.15, -0.1) is 0 Å². The molecule has 0 saturated carbocycles. The zero-order valence-electron chi connectivity index (χ0n) is 8.72. The van der Waals surface area contributed by atoms with Crippen molar-refractivity contribution in [2.75, 3.05) is 6.54 Å². The number of nitrogens with zero attached hydrogens (tertiary/aromatic N) is 2. The zero-order valence-corrected chi connectivity index (χ0v) is 8.72. The molecule has 2 N–H and O–H groups in total. The summed E-state index contributed by atoms with van der Waals surface area (Å²) in [4.78, 5) is 8.15. The topological polar surface area (TPSA) is 51.8 Å². The van der Waals surface area contributed by atoms with Gasteiger partial charge in [0.2, 0.25) is 0 Å². The summed E-state index contributed by atoms with van der Waals surface area (Å²) in [6.45, 7) is 0.349. The van der Waals surface area contributed by atoms with Crippen molar-refractivity contribution in [1.29, 1.82) is 0 Å². The van der Waals surface area contributed by atoms with Gasteiger partial charge in [-0.25, -0.2) is 0 Å². The highest BCUT2D eigenvalue weighted by Crippen LogP contribution is 2.20. The first-order valence-corrected chi connectivity index (χ1v) is 4.95. The second kappa shape index (κ2) is 5.06. The fourth-order valence-corrected chi connectivity index (χ4v) is 1.41. The summed E-state index contributed by atoms with van der Waals surface area (Å²) >= 11 is 0. The lowest BCUT2D eigenvalue weighted by atomic mass is 10.0. The van der Waals surface area contributed by atoms with E-state index in [0.29, 0.717) is 6.54 Å². The fourth-order valence-electron chi connectivity index (χ4n) is 1.41. The van der Waals surface area contributed by atoms with Crippen molar-refractivity contribution < 1.29 is 0 Å². The third-order valence-corrected chi connectivity index (χ3v) is 2.12. The Bertz CT molecular complexity index is 524. The molecule has 0 saturated heterocycles. The average Bonchev–Trinajstić information content (AvgIpc) is 2.38. The van der Waals surface area contributed by atoms with Crippen LogP contribution in [0.3, 0.4) is 0 Å². The second-order valence-corrected chi connectivity index (χ2v) is 3.17. The van der Waals surface area contributed by atoms with E-state index in [-0.39, 0.29) is 0 Å². The molecule has 0 fully saturated rings. The quantitative estimate of drug-likeness (QED) is 0.723. The summed E-state index contributed by atoms with van der Waals surface area (Å²) in [5.41, 5.74) is 8.30. The van der Waals surface area contributed by atoms with E-state index in [9.17, 15) is 0 Å². The van der Waals surface area contributed by atoms with Crippen molar-refractivity contribution in [3.63, 3.8) is 0 Å². The van der Waals surface area contributed by atoms with Gasteiger partial charge in [-0.05, 0) is 12.1 Å². The summed E-state index contributed by atoms with van der Waals surface area (Å²) in [6.07, 6.45) is 7.04. The number of pyridine rings is 2. The van der Waals surface area contributed by atoms with E-state index in [1.54, 1.807) is 18.6 Å². The molecule has 2 aromatic rings. The molecule has 0 bridgehead atoms. The zero-order chi connectivity index (χ0) is 11.2. The maximum atomic E-state index is 5.36. The highest BCUT2D eigenvalue weighted by molar-refractivity contribution is 5.69. The number of hydrogen-bond donors (Lipinski definition) is 1. The molecule has 2 rings (SSSR count). The van der Waals surface area contributed by atoms with Crippen molar-refractivity contribution in [3.05, 3.63) is 48.5 Å². The Balaban J connectivity index is 2.49. The van der Waals surface area contributed by atoms with Gasteiger partial charge in [-0.2, -0.15) is 0 Å². The van der Waals surface area contributed by atoms with Crippen LogP contribution in [0.25, 0.3) is 11.1 Å². The first-order chi connectivity index (χ1) is 7.92. The van der Waals surface area contributed by atoms with Crippen LogP contribution in [-0.2, 0) is 0 Å². The normalized spacial score (nSPS) is 9.31. The van der Waals surface area contributed by atoms with Crippen LogP contribution in [0.2, 0.25) is 0 Å². The van der Waals surface area contributed by atoms with Crippen molar-refractivity contribution in [1.82, 2.24) is 9.97 Å². The predicted octanol–water partition coefficient (Wildman–Crippen LogP) is 1.45. The largest absolute Gasteiger partial charge is 0.320 e. The fraction of sp³-hybridized carbons (Fsp3) is 0.0769. The molecule has 0 aliphatic rings. The van der Waals surface area contributed by atoms with Gasteiger partial charge in [0.25, 0.3) is 0 Å². The van der Waals surface area contributed by atoms with Gasteiger partial charge >= 0.3 is 0 Å². The standard InChI is InChI=1S/C13H11N3/c14-6-1-3-11-10-16-8-5-13(11)12-4-2-7-15-9-12/h2,4-5,7-10H,6,14H2. The number of aromatic nitrogens is 2. The Morgan fingerprint density at radius 2 is 2.00 bits per heavy atom. The summed E-state index contributed by atoms with van der Waals surface area (Å²) in [6, 6.07) is 5.82. The highest BCUT2D eigenvalue weighted by Gasteiger charge is 2.01. The van der Waals surface area contributed by atoms with E-state index in [4.69, 9.17) is 5.73 Å². The Morgan fingerprint density at radius 3 is 2.75 bits per heavy atom. The van der Waals surface area contributed by atoms with Crippen molar-refractivity contribution in [2.24, 2.45) is 5.73 Å². The van der Waals surface area contributed by atoms with Gasteiger partial charge in [0.1, 0.15) is 0 Å². The lowest BCUT2D eigenvalue weighted by Gasteiger charge is -2.02. The van der Waals surface area contributed by atoms with Gasteiger partial charge in [0.05, 0.1) is 12.1 Å². The predicted molar refractivity (Wildman–Crippen MR) is 63.4 cm³/mol. The Hall–Kier alpha value is -2.18. The minimum absolute atomic E-state index is 0.349. The molecule has 0 unspecified atom stereocenters. The smallest absolute Gasteiger partial charge is 0.0555 e. The van der Waals surface area contributed by atoms with E-state index in [1.807, 2.05) is 24.4 Å². The van der Waals surface area contributed by atoms with Crippen LogP contribution in [0.5, 0.6) is 0 Å². The molecule has 2 aromatic heterocycles. The van der Waals surface area contributed by atoms with Crippen LogP contribution in [0.1, 0.15) is 5.56 Å². The molecule has 3 nitrogen and oxygen atoms in total. The minimum Gasteiger partial charge on any atom is -0.320 e. The van der Waals surface area contributed by atoms with Crippen LogP contribution >= 0.6 is 0 Å². The van der Waals surface area contributed by atoms with E-state index in [2.05, 4.69) is 21.8 Å². The third kappa shape index (κ3) is 2.25. The molecule has 0 spiro atoms. The molecule has 16 heavy (non-hydrogen) atoms. The second-order valence-electron chi connectivity index (χ2n) is 3.17. The number of hydrogen-bond acceptors (Lipinski definition) is 3. The molecule has 78 valence electrons. The van der Waals surface area contributed by atoms with Crippen LogP contribution in [0, 0.1) is 11.8 Å². The number of nitrogens with two attached hydrogens (primary N) is 1. The van der Waals surface area contributed by atoms with Crippen LogP contribution < -0.4 is 5.73 Å². The van der Waals surface area contributed by atoms with Gasteiger partial charge in [0, 0.05) is 35.9 Å². The SMILES string of the molecule is NCC#Cc1cnccc1-c1cccnc1. The van der Waals surface area contributed by atoms with Gasteiger partial charge in [-0.1, -0.05) is 17.9 Å². The number of rotatable bonds is 1. The molecule has 3 heteroatoms. The van der Waals surface area contributed by atoms with Gasteiger partial charge in [0.15, 0.2) is 0 Å². The summed E-state index contributed by atoms with van der Waals surface area (Å²) < 4.78 is 0. The summed E-state index contributed by atoms with van der Waals surface area (Å²) in [7, 11) is 0. The van der Waals surface area contributed by atoms with Crippen LogP contribution in [0.4, 0.5) is 0 Å². The van der Waals surface area contributed by atoms with Crippen molar-refractivity contribution in [2.45, 2.75) is 0 Å². The first kappa shape index (κ1) is 10.3. The molecule has 0 aromatic carbocycles. The highest BCUT2D eigenvalue weighted by atomic mass is 14.6. The lowest BCUT2D eigenvalue weighted by molar-refractivity contribution is 1.28. The molecular weight excluding hydrogens is 198 g/mol. The van der Waals surface area contributed by atoms with Gasteiger partial charge < -0.3 is 5.73 Å². The molecule has 0 amide bonds.